The third-order valence-electron chi connectivity index (χ3n) is 2.66. The minimum atomic E-state index is 0.460. The zero-order valence-corrected chi connectivity index (χ0v) is 13.1. The van der Waals surface area contributed by atoms with Crippen LogP contribution in [0.4, 0.5) is 0 Å². The van der Waals surface area contributed by atoms with Crippen molar-refractivity contribution < 1.29 is 0 Å². The number of nitrogens with zero attached hydrogens (tertiary/aromatic N) is 1. The summed E-state index contributed by atoms with van der Waals surface area (Å²) in [6, 6.07) is 17.3. The van der Waals surface area contributed by atoms with E-state index in [0.717, 1.165) is 20.1 Å². The molecular formula is C15H10Br2N2. The SMILES string of the molecule is N#C/C(=C(/N)c1cc(Br)ccc1Br)c1ccccc1. The van der Waals surface area contributed by atoms with Gasteiger partial charge < -0.3 is 5.73 Å². The highest BCUT2D eigenvalue weighted by Gasteiger charge is 2.11. The van der Waals surface area contributed by atoms with Crippen molar-refractivity contribution in [1.82, 2.24) is 0 Å². The van der Waals surface area contributed by atoms with Gasteiger partial charge in [-0.1, -0.05) is 62.2 Å². The number of benzene rings is 2. The van der Waals surface area contributed by atoms with E-state index >= 15 is 0 Å². The molecule has 0 atom stereocenters. The molecule has 0 saturated heterocycles. The van der Waals surface area contributed by atoms with Crippen LogP contribution in [0.1, 0.15) is 11.1 Å². The fourth-order valence-corrected chi connectivity index (χ4v) is 2.54. The lowest BCUT2D eigenvalue weighted by molar-refractivity contribution is 1.45. The largest absolute Gasteiger partial charge is 0.397 e. The second-order valence-electron chi connectivity index (χ2n) is 3.89. The number of rotatable bonds is 2. The van der Waals surface area contributed by atoms with Gasteiger partial charge in [-0.3, -0.25) is 0 Å². The molecule has 2 N–H and O–H groups in total. The molecule has 0 unspecified atom stereocenters. The molecule has 0 fully saturated rings. The van der Waals surface area contributed by atoms with E-state index in [-0.39, 0.29) is 0 Å². The predicted molar refractivity (Wildman–Crippen MR) is 84.9 cm³/mol. The molecule has 0 bridgehead atoms. The molecule has 0 aliphatic heterocycles. The minimum Gasteiger partial charge on any atom is -0.397 e. The third kappa shape index (κ3) is 3.06. The summed E-state index contributed by atoms with van der Waals surface area (Å²) in [5, 5.41) is 9.36. The van der Waals surface area contributed by atoms with Crippen LogP contribution in [-0.4, -0.2) is 0 Å². The van der Waals surface area contributed by atoms with E-state index in [0.29, 0.717) is 11.3 Å². The zero-order valence-electron chi connectivity index (χ0n) is 9.90. The first-order chi connectivity index (χ1) is 9.13. The first kappa shape index (κ1) is 13.9. The standard InChI is InChI=1S/C15H10Br2N2/c16-11-6-7-14(17)12(8-11)15(19)13(9-18)10-4-2-1-3-5-10/h1-8H,19H2/b15-13-. The molecule has 0 saturated carbocycles. The molecule has 0 spiro atoms. The Morgan fingerprint density at radius 1 is 1.05 bits per heavy atom. The van der Waals surface area contributed by atoms with Gasteiger partial charge in [0.1, 0.15) is 6.07 Å². The Bertz CT molecular complexity index is 670. The van der Waals surface area contributed by atoms with Crippen LogP contribution >= 0.6 is 31.9 Å². The van der Waals surface area contributed by atoms with Crippen LogP contribution in [0.2, 0.25) is 0 Å². The van der Waals surface area contributed by atoms with E-state index in [9.17, 15) is 5.26 Å². The monoisotopic (exact) mass is 376 g/mol. The van der Waals surface area contributed by atoms with Gasteiger partial charge in [0.2, 0.25) is 0 Å². The molecule has 2 rings (SSSR count). The van der Waals surface area contributed by atoms with Gasteiger partial charge in [0.05, 0.1) is 11.3 Å². The molecule has 2 aromatic carbocycles. The maximum atomic E-state index is 9.36. The average Bonchev–Trinajstić information content (AvgIpc) is 2.43. The zero-order chi connectivity index (χ0) is 13.8. The van der Waals surface area contributed by atoms with Gasteiger partial charge >= 0.3 is 0 Å². The van der Waals surface area contributed by atoms with Crippen molar-refractivity contribution in [3.8, 4) is 6.07 Å². The summed E-state index contributed by atoms with van der Waals surface area (Å²) in [6.45, 7) is 0. The van der Waals surface area contributed by atoms with Crippen molar-refractivity contribution in [2.24, 2.45) is 5.73 Å². The van der Waals surface area contributed by atoms with Gasteiger partial charge in [0, 0.05) is 14.5 Å². The van der Waals surface area contributed by atoms with Crippen LogP contribution in [0, 0.1) is 11.3 Å². The maximum absolute atomic E-state index is 9.36. The van der Waals surface area contributed by atoms with E-state index in [2.05, 4.69) is 37.9 Å². The summed E-state index contributed by atoms with van der Waals surface area (Å²) in [4.78, 5) is 0. The van der Waals surface area contributed by atoms with Crippen LogP contribution in [0.25, 0.3) is 11.3 Å². The summed E-state index contributed by atoms with van der Waals surface area (Å²) in [5.41, 5.74) is 8.70. The summed E-state index contributed by atoms with van der Waals surface area (Å²) in [6.07, 6.45) is 0. The Labute approximate surface area is 128 Å². The highest BCUT2D eigenvalue weighted by Crippen LogP contribution is 2.29. The van der Waals surface area contributed by atoms with Crippen LogP contribution in [0.15, 0.2) is 57.5 Å². The lowest BCUT2D eigenvalue weighted by Crippen LogP contribution is -2.01. The molecule has 2 nitrogen and oxygen atoms in total. The minimum absolute atomic E-state index is 0.460. The summed E-state index contributed by atoms with van der Waals surface area (Å²) >= 11 is 6.87. The average molecular weight is 378 g/mol. The quantitative estimate of drug-likeness (QED) is 0.615. The van der Waals surface area contributed by atoms with Crippen molar-refractivity contribution in [3.63, 3.8) is 0 Å². The van der Waals surface area contributed by atoms with Gasteiger partial charge in [-0.2, -0.15) is 5.26 Å². The van der Waals surface area contributed by atoms with Crippen molar-refractivity contribution in [3.05, 3.63) is 68.6 Å². The van der Waals surface area contributed by atoms with E-state index in [1.807, 2.05) is 48.5 Å². The molecule has 0 amide bonds. The van der Waals surface area contributed by atoms with E-state index < -0.39 is 0 Å². The van der Waals surface area contributed by atoms with Gasteiger partial charge in [-0.25, -0.2) is 0 Å². The second-order valence-corrected chi connectivity index (χ2v) is 5.66. The summed E-state index contributed by atoms with van der Waals surface area (Å²) < 4.78 is 1.77. The second kappa shape index (κ2) is 6.05. The Kier molecular flexibility index (Phi) is 4.41. The molecule has 0 radical (unpaired) electrons. The summed E-state index contributed by atoms with van der Waals surface area (Å²) in [7, 11) is 0. The lowest BCUT2D eigenvalue weighted by atomic mass is 10.0. The molecule has 19 heavy (non-hydrogen) atoms. The van der Waals surface area contributed by atoms with E-state index in [1.165, 1.54) is 0 Å². The molecule has 0 aromatic heterocycles. The topological polar surface area (TPSA) is 49.8 Å². The van der Waals surface area contributed by atoms with Crippen LogP contribution in [0.5, 0.6) is 0 Å². The number of nitrogens with two attached hydrogens (primary N) is 1. The van der Waals surface area contributed by atoms with Gasteiger partial charge in [-0.05, 0) is 23.8 Å². The van der Waals surface area contributed by atoms with Crippen LogP contribution in [0.3, 0.4) is 0 Å². The highest BCUT2D eigenvalue weighted by molar-refractivity contribution is 9.11. The number of hydrogen-bond acceptors (Lipinski definition) is 2. The third-order valence-corrected chi connectivity index (χ3v) is 3.85. The molecule has 0 aliphatic carbocycles. The fourth-order valence-electron chi connectivity index (χ4n) is 1.72. The Morgan fingerprint density at radius 3 is 2.37 bits per heavy atom. The smallest absolute Gasteiger partial charge is 0.102 e. The van der Waals surface area contributed by atoms with E-state index in [1.54, 1.807) is 0 Å². The van der Waals surface area contributed by atoms with Crippen molar-refractivity contribution in [2.45, 2.75) is 0 Å². The fraction of sp³-hybridized carbons (Fsp3) is 0. The van der Waals surface area contributed by atoms with Crippen molar-refractivity contribution >= 4 is 43.1 Å². The van der Waals surface area contributed by atoms with Crippen molar-refractivity contribution in [2.75, 3.05) is 0 Å². The molecule has 4 heteroatoms. The first-order valence-electron chi connectivity index (χ1n) is 5.54. The maximum Gasteiger partial charge on any atom is 0.102 e. The highest BCUT2D eigenvalue weighted by atomic mass is 79.9. The number of hydrogen-bond donors (Lipinski definition) is 1. The van der Waals surface area contributed by atoms with Crippen molar-refractivity contribution in [1.29, 1.82) is 5.26 Å². The molecule has 0 aliphatic rings. The van der Waals surface area contributed by atoms with Crippen LogP contribution < -0.4 is 5.73 Å². The Hall–Kier alpha value is -1.57. The first-order valence-corrected chi connectivity index (χ1v) is 7.12. The summed E-state index contributed by atoms with van der Waals surface area (Å²) in [5.74, 6) is 0. The predicted octanol–water partition coefficient (Wildman–Crippen LogP) is 4.56. The number of allylic oxidation sites excluding steroid dienone is 1. The van der Waals surface area contributed by atoms with Gasteiger partial charge in [-0.15, -0.1) is 0 Å². The molecule has 0 heterocycles. The number of halogens is 2. The number of nitriles is 1. The lowest BCUT2D eigenvalue weighted by Gasteiger charge is -2.09. The molecule has 2 aromatic rings. The van der Waals surface area contributed by atoms with Gasteiger partial charge in [0.15, 0.2) is 0 Å². The van der Waals surface area contributed by atoms with Gasteiger partial charge in [0.25, 0.3) is 0 Å². The molecular weight excluding hydrogens is 368 g/mol. The Balaban J connectivity index is 2.62. The Morgan fingerprint density at radius 2 is 1.74 bits per heavy atom. The normalized spacial score (nSPS) is 11.6. The van der Waals surface area contributed by atoms with Crippen LogP contribution in [-0.2, 0) is 0 Å². The van der Waals surface area contributed by atoms with E-state index in [4.69, 9.17) is 5.73 Å². The molecule has 94 valence electrons.